The number of fused-ring (bicyclic) bond motifs is 4. The molecule has 2 aliphatic carbocycles. The Morgan fingerprint density at radius 3 is 1.64 bits per heavy atom. The van der Waals surface area contributed by atoms with Crippen LogP contribution in [-0.4, -0.2) is 111 Å². The Kier molecular flexibility index (Phi) is 14.7. The molecule has 0 atom stereocenters. The number of hydrogen-bond donors (Lipinski definition) is 3. The van der Waals surface area contributed by atoms with Gasteiger partial charge in [-0.3, -0.25) is 0 Å². The zero-order chi connectivity index (χ0) is 50.8. The van der Waals surface area contributed by atoms with E-state index in [1.54, 1.807) is 17.0 Å². The summed E-state index contributed by atoms with van der Waals surface area (Å²) in [5.74, 6) is 4.78. The monoisotopic (exact) mass is 1050 g/mol. The van der Waals surface area contributed by atoms with Crippen molar-refractivity contribution in [1.29, 1.82) is 0 Å². The third-order valence-electron chi connectivity index (χ3n) is 14.4. The second-order valence-corrected chi connectivity index (χ2v) is 22.1. The molecule has 6 heterocycles. The number of nitrogens with two attached hydrogens (primary N) is 2. The van der Waals surface area contributed by atoms with E-state index in [1.807, 2.05) is 54.4 Å². The van der Waals surface area contributed by atoms with E-state index in [9.17, 15) is 9.90 Å². The smallest absolute Gasteiger partial charge is 0.410 e. The van der Waals surface area contributed by atoms with Crippen LogP contribution < -0.4 is 16.2 Å². The number of carbonyl (C=O) groups excluding carboxylic acids is 1. The lowest BCUT2D eigenvalue weighted by Gasteiger charge is -2.33. The van der Waals surface area contributed by atoms with Crippen molar-refractivity contribution in [3.8, 4) is 34.0 Å². The first kappa shape index (κ1) is 50.0. The molecular weight excluding hydrogens is 985 g/mol. The summed E-state index contributed by atoms with van der Waals surface area (Å²) in [6.45, 7) is 11.6. The van der Waals surface area contributed by atoms with Gasteiger partial charge in [-0.1, -0.05) is 52.3 Å². The molecule has 8 aromatic rings. The predicted octanol–water partition coefficient (Wildman–Crippen LogP) is 10.7. The van der Waals surface area contributed by atoms with Crippen LogP contribution in [0, 0.1) is 23.7 Å². The van der Waals surface area contributed by atoms with Crippen LogP contribution in [0.15, 0.2) is 85.5 Å². The first-order chi connectivity index (χ1) is 35.2. The molecule has 16 nitrogen and oxygen atoms in total. The summed E-state index contributed by atoms with van der Waals surface area (Å²) in [6, 6.07) is 24.0. The van der Waals surface area contributed by atoms with Crippen molar-refractivity contribution >= 4 is 77.3 Å². The minimum Gasteiger partial charge on any atom is -0.508 e. The number of benzene rings is 4. The zero-order valence-electron chi connectivity index (χ0n) is 42.4. The molecule has 4 aromatic heterocycles. The van der Waals surface area contributed by atoms with Gasteiger partial charge in [-0.05, 0) is 174 Å². The molecule has 4 aliphatic rings. The predicted molar refractivity (Wildman–Crippen MR) is 293 cm³/mol. The van der Waals surface area contributed by atoms with Gasteiger partial charge in [-0.25, -0.2) is 34.1 Å². The summed E-state index contributed by atoms with van der Waals surface area (Å²) in [7, 11) is 2.19. The molecule has 2 aliphatic heterocycles. The average molecular weight is 1050 g/mol. The van der Waals surface area contributed by atoms with Gasteiger partial charge in [0.15, 0.2) is 11.3 Å². The number of phenolic OH excluding ortho intramolecular Hbond substituents is 1. The van der Waals surface area contributed by atoms with Gasteiger partial charge in [0.2, 0.25) is 0 Å². The normalized spacial score (nSPS) is 16.9. The molecule has 2 saturated carbocycles. The van der Waals surface area contributed by atoms with Crippen molar-refractivity contribution in [1.82, 2.24) is 49.3 Å². The van der Waals surface area contributed by atoms with Crippen LogP contribution in [0.3, 0.4) is 0 Å². The van der Waals surface area contributed by atoms with E-state index in [0.717, 1.165) is 117 Å². The fraction of sp³-hybridized carbons (Fsp3) is 0.446. The quantitative estimate of drug-likeness (QED) is 0.109. The maximum Gasteiger partial charge on any atom is 0.410 e. The van der Waals surface area contributed by atoms with Crippen molar-refractivity contribution < 1.29 is 19.4 Å². The summed E-state index contributed by atoms with van der Waals surface area (Å²) < 4.78 is 15.4. The van der Waals surface area contributed by atoms with Crippen LogP contribution in [0.4, 0.5) is 16.4 Å². The Morgan fingerprint density at radius 1 is 0.644 bits per heavy atom. The Labute approximate surface area is 434 Å². The molecule has 4 fully saturated rings. The number of alkyl halides is 1. The Morgan fingerprint density at radius 2 is 1.14 bits per heavy atom. The van der Waals surface area contributed by atoms with Gasteiger partial charge in [0.25, 0.3) is 0 Å². The molecule has 0 bridgehead atoms. The lowest BCUT2D eigenvalue weighted by Crippen LogP contribution is -2.42. The summed E-state index contributed by atoms with van der Waals surface area (Å²) in [5, 5.41) is 26.8. The standard InChI is InChI=1S/C26H30N6O3.C26H30N6O.C4H7Br/c1-26(2,3)35-25(34)31-10-8-16(9-11-31)14-32-24-21(23(27)28-15-29-24)22(30-32)19-5-4-18-13-20(33)7-6-17(18)12-19;1-31-10-8-17(9-11-31)14-32-26-23(25(27)28-16-29-26)24(30-32)21-5-4-20-13-22(7-6-19(20)12-21)33-15-18-2-3-18;5-3-4-1-2-4/h4-7,12-13,15-16,33H,8-11,14H2,1-3H3,(H2,27,28,29);4-7,12-13,16-18H,2-3,8-11,14-15H2,1H3,(H2,27,28,29);4H,1-3H2. The Balaban J connectivity index is 0.000000153. The molecule has 0 radical (unpaired) electrons. The summed E-state index contributed by atoms with van der Waals surface area (Å²) >= 11 is 3.38. The van der Waals surface area contributed by atoms with E-state index >= 15 is 0 Å². The van der Waals surface area contributed by atoms with Gasteiger partial charge in [0.1, 0.15) is 52.8 Å². The summed E-state index contributed by atoms with van der Waals surface area (Å²) in [6.07, 6.45) is 12.3. The minimum absolute atomic E-state index is 0.232. The number of nitrogen functional groups attached to an aromatic ring is 2. The molecular formula is C56H67BrN12O4. The highest BCUT2D eigenvalue weighted by Crippen LogP contribution is 2.37. The van der Waals surface area contributed by atoms with E-state index < -0.39 is 5.60 Å². The number of phenols is 1. The number of piperidine rings is 2. The highest BCUT2D eigenvalue weighted by molar-refractivity contribution is 9.09. The van der Waals surface area contributed by atoms with Gasteiger partial charge < -0.3 is 35.8 Å². The van der Waals surface area contributed by atoms with E-state index in [4.69, 9.17) is 31.1 Å². The number of nitrogens with zero attached hydrogens (tertiary/aromatic N) is 10. The van der Waals surface area contributed by atoms with Crippen LogP contribution in [0.25, 0.3) is 66.1 Å². The van der Waals surface area contributed by atoms with Gasteiger partial charge in [-0.2, -0.15) is 10.2 Å². The van der Waals surface area contributed by atoms with Crippen LogP contribution in [0.2, 0.25) is 0 Å². The van der Waals surface area contributed by atoms with Crippen molar-refractivity contribution in [3.05, 3.63) is 85.5 Å². The maximum absolute atomic E-state index is 12.4. The van der Waals surface area contributed by atoms with Gasteiger partial charge in [0.05, 0.1) is 17.4 Å². The Hall–Kier alpha value is -6.59. The highest BCUT2D eigenvalue weighted by Gasteiger charge is 2.29. The number of rotatable bonds is 10. The van der Waals surface area contributed by atoms with Crippen molar-refractivity contribution in [2.75, 3.05) is 56.6 Å². The highest BCUT2D eigenvalue weighted by atomic mass is 79.9. The number of hydrogen-bond acceptors (Lipinski definition) is 13. The summed E-state index contributed by atoms with van der Waals surface area (Å²) in [4.78, 5) is 34.1. The molecule has 0 unspecified atom stereocenters. The van der Waals surface area contributed by atoms with Crippen molar-refractivity contribution in [3.63, 3.8) is 0 Å². The number of carbonyl (C=O) groups is 1. The first-order valence-electron chi connectivity index (χ1n) is 25.8. The van der Waals surface area contributed by atoms with Gasteiger partial charge in [0, 0.05) is 42.6 Å². The molecule has 17 heteroatoms. The van der Waals surface area contributed by atoms with Crippen molar-refractivity contribution in [2.45, 2.75) is 90.8 Å². The lowest BCUT2D eigenvalue weighted by molar-refractivity contribution is 0.0177. The molecule has 382 valence electrons. The number of likely N-dealkylation sites (tertiary alicyclic amines) is 2. The fourth-order valence-corrected chi connectivity index (χ4v) is 10.3. The molecule has 73 heavy (non-hydrogen) atoms. The largest absolute Gasteiger partial charge is 0.508 e. The van der Waals surface area contributed by atoms with Gasteiger partial charge >= 0.3 is 6.09 Å². The van der Waals surface area contributed by atoms with Crippen LogP contribution in [0.5, 0.6) is 11.5 Å². The number of anilines is 2. The van der Waals surface area contributed by atoms with E-state index in [2.05, 4.69) is 84.2 Å². The molecule has 12 rings (SSSR count). The van der Waals surface area contributed by atoms with E-state index in [-0.39, 0.29) is 11.8 Å². The summed E-state index contributed by atoms with van der Waals surface area (Å²) in [5.41, 5.74) is 17.2. The first-order valence-corrected chi connectivity index (χ1v) is 26.9. The topological polar surface area (TPSA) is 201 Å². The molecule has 1 amide bonds. The lowest BCUT2D eigenvalue weighted by atomic mass is 9.97. The van der Waals surface area contributed by atoms with Gasteiger partial charge in [-0.15, -0.1) is 0 Å². The van der Waals surface area contributed by atoms with E-state index in [0.29, 0.717) is 48.8 Å². The molecule has 4 aromatic carbocycles. The SMILES string of the molecule is BrCC1CC1.CC(C)(C)OC(=O)N1CCC(Cn2nc(-c3ccc4cc(O)ccc4c3)c3c(N)ncnc32)CC1.CN1CCC(Cn2nc(-c3ccc4cc(OCC5CC5)ccc4c3)c3c(N)ncnc32)CC1. The second-order valence-electron chi connectivity index (χ2n) is 21.5. The van der Waals surface area contributed by atoms with Crippen LogP contribution in [-0.2, 0) is 17.8 Å². The number of halogens is 1. The number of ether oxygens (including phenoxy) is 2. The average Bonchev–Trinajstić information content (AvgIpc) is 4.33. The molecule has 5 N–H and O–H groups in total. The number of aromatic hydroxyl groups is 1. The number of amides is 1. The third-order valence-corrected chi connectivity index (χ3v) is 15.3. The van der Waals surface area contributed by atoms with Crippen LogP contribution >= 0.6 is 15.9 Å². The molecule has 0 spiro atoms. The maximum atomic E-state index is 12.4. The second kappa shape index (κ2) is 21.5. The molecule has 2 saturated heterocycles. The van der Waals surface area contributed by atoms with Crippen molar-refractivity contribution in [2.24, 2.45) is 23.7 Å². The number of aromatic nitrogens is 8. The zero-order valence-corrected chi connectivity index (χ0v) is 44.0. The minimum atomic E-state index is -0.499. The van der Waals surface area contributed by atoms with Crippen LogP contribution in [0.1, 0.15) is 72.1 Å². The van der Waals surface area contributed by atoms with E-state index in [1.165, 1.54) is 56.5 Å². The third kappa shape index (κ3) is 12.1. The Bertz CT molecular complexity index is 3240. The fourth-order valence-electron chi connectivity index (χ4n) is 9.69.